The van der Waals surface area contributed by atoms with Gasteiger partial charge in [-0.2, -0.15) is 26.3 Å². The maximum absolute atomic E-state index is 10.6. The third kappa shape index (κ3) is 9.39. The molecule has 0 unspecified atom stereocenters. The van der Waals surface area contributed by atoms with Crippen LogP contribution in [0.25, 0.3) is 0 Å². The van der Waals surface area contributed by atoms with E-state index in [1.165, 1.54) is 48.2 Å². The highest BCUT2D eigenvalue weighted by atomic mass is 32.1. The summed E-state index contributed by atoms with van der Waals surface area (Å²) in [6.45, 7) is 9.32. The second-order valence-electron chi connectivity index (χ2n) is 8.15. The SMILES string of the molecule is Cc1nc(CN2CCC3(C2)CN(Cc2cccs2)C3)cs1.O=C(O)C(F)(F)F.O=C(O)C(F)(F)F. The van der Waals surface area contributed by atoms with E-state index in [1.807, 2.05) is 11.3 Å². The van der Waals surface area contributed by atoms with Gasteiger partial charge in [-0.15, -0.1) is 22.7 Å². The van der Waals surface area contributed by atoms with Gasteiger partial charge in [0.25, 0.3) is 0 Å². The number of aromatic nitrogens is 1. The topological polar surface area (TPSA) is 94.0 Å². The number of aliphatic carboxylic acids is 2. The van der Waals surface area contributed by atoms with E-state index in [0.717, 1.165) is 13.1 Å². The first-order valence-corrected chi connectivity index (χ1v) is 11.8. The second kappa shape index (κ2) is 11.7. The fourth-order valence-corrected chi connectivity index (χ4v) is 5.12. The Morgan fingerprint density at radius 2 is 1.54 bits per heavy atom. The number of thiophene rings is 1. The fourth-order valence-electron chi connectivity index (χ4n) is 3.77. The molecule has 15 heteroatoms. The third-order valence-electron chi connectivity index (χ3n) is 5.13. The highest BCUT2D eigenvalue weighted by Gasteiger charge is 2.47. The van der Waals surface area contributed by atoms with Crippen LogP contribution in [-0.2, 0) is 22.7 Å². The van der Waals surface area contributed by atoms with Gasteiger partial charge in [-0.25, -0.2) is 14.6 Å². The number of rotatable bonds is 4. The number of nitrogens with zero attached hydrogens (tertiary/aromatic N) is 3. The molecule has 7 nitrogen and oxygen atoms in total. The number of carboxylic acids is 2. The molecule has 0 saturated carbocycles. The monoisotopic (exact) mass is 547 g/mol. The predicted molar refractivity (Wildman–Crippen MR) is 116 cm³/mol. The number of thiazole rings is 1. The van der Waals surface area contributed by atoms with Crippen LogP contribution in [0.3, 0.4) is 0 Å². The Labute approximate surface area is 204 Å². The molecule has 4 rings (SSSR count). The molecular formula is C20H23F6N3O4S2. The van der Waals surface area contributed by atoms with Crippen LogP contribution in [0.5, 0.6) is 0 Å². The minimum absolute atomic E-state index is 0.572. The molecule has 0 aliphatic carbocycles. The van der Waals surface area contributed by atoms with Crippen molar-refractivity contribution in [2.24, 2.45) is 5.41 Å². The van der Waals surface area contributed by atoms with E-state index in [-0.39, 0.29) is 0 Å². The minimum Gasteiger partial charge on any atom is -0.475 e. The molecular weight excluding hydrogens is 524 g/mol. The van der Waals surface area contributed by atoms with Gasteiger partial charge in [0.05, 0.1) is 10.7 Å². The van der Waals surface area contributed by atoms with Gasteiger partial charge in [0.2, 0.25) is 0 Å². The molecule has 196 valence electrons. The van der Waals surface area contributed by atoms with Crippen LogP contribution < -0.4 is 0 Å². The van der Waals surface area contributed by atoms with E-state index in [1.54, 1.807) is 11.3 Å². The molecule has 0 bridgehead atoms. The lowest BCUT2D eigenvalue weighted by Crippen LogP contribution is -2.56. The molecule has 2 aliphatic rings. The summed E-state index contributed by atoms with van der Waals surface area (Å²) in [5.41, 5.74) is 1.83. The second-order valence-corrected chi connectivity index (χ2v) is 10.2. The number of carboxylic acid groups (broad SMARTS) is 2. The zero-order valence-corrected chi connectivity index (χ0v) is 20.0. The van der Waals surface area contributed by atoms with Crippen molar-refractivity contribution in [2.45, 2.75) is 38.8 Å². The molecule has 2 fully saturated rings. The van der Waals surface area contributed by atoms with Crippen molar-refractivity contribution in [2.75, 3.05) is 26.2 Å². The summed E-state index contributed by atoms with van der Waals surface area (Å²) in [4.78, 5) is 29.1. The highest BCUT2D eigenvalue weighted by molar-refractivity contribution is 7.10. The maximum Gasteiger partial charge on any atom is 0.490 e. The number of halogens is 6. The molecule has 0 radical (unpaired) electrons. The first kappa shape index (κ1) is 29.0. The van der Waals surface area contributed by atoms with Gasteiger partial charge >= 0.3 is 24.3 Å². The largest absolute Gasteiger partial charge is 0.490 e. The van der Waals surface area contributed by atoms with Crippen LogP contribution in [0.4, 0.5) is 26.3 Å². The number of aryl methyl sites for hydroxylation is 1. The van der Waals surface area contributed by atoms with Crippen LogP contribution in [0.1, 0.15) is 22.0 Å². The van der Waals surface area contributed by atoms with Crippen molar-refractivity contribution in [3.63, 3.8) is 0 Å². The number of hydrogen-bond donors (Lipinski definition) is 2. The van der Waals surface area contributed by atoms with Crippen LogP contribution >= 0.6 is 22.7 Å². The third-order valence-corrected chi connectivity index (χ3v) is 6.82. The lowest BCUT2D eigenvalue weighted by Gasteiger charge is -2.48. The smallest absolute Gasteiger partial charge is 0.475 e. The van der Waals surface area contributed by atoms with Crippen molar-refractivity contribution >= 4 is 34.6 Å². The van der Waals surface area contributed by atoms with Crippen molar-refractivity contribution in [1.82, 2.24) is 14.8 Å². The lowest BCUT2D eigenvalue weighted by atomic mass is 9.79. The van der Waals surface area contributed by atoms with E-state index >= 15 is 0 Å². The first-order valence-electron chi connectivity index (χ1n) is 10.1. The van der Waals surface area contributed by atoms with E-state index in [0.29, 0.717) is 5.41 Å². The van der Waals surface area contributed by atoms with Crippen LogP contribution in [0, 0.1) is 12.3 Å². The predicted octanol–water partition coefficient (Wildman–Crippen LogP) is 4.49. The normalized spacial score (nSPS) is 17.7. The molecule has 35 heavy (non-hydrogen) atoms. The Morgan fingerprint density at radius 3 is 1.97 bits per heavy atom. The van der Waals surface area contributed by atoms with Gasteiger partial charge in [0, 0.05) is 48.4 Å². The summed E-state index contributed by atoms with van der Waals surface area (Å²) in [7, 11) is 0. The molecule has 0 amide bonds. The van der Waals surface area contributed by atoms with Gasteiger partial charge in [-0.3, -0.25) is 9.80 Å². The van der Waals surface area contributed by atoms with Crippen LogP contribution in [0.2, 0.25) is 0 Å². The molecule has 2 saturated heterocycles. The van der Waals surface area contributed by atoms with Gasteiger partial charge in [0.15, 0.2) is 0 Å². The Hall–Kier alpha value is -2.23. The van der Waals surface area contributed by atoms with E-state index in [4.69, 9.17) is 19.8 Å². The summed E-state index contributed by atoms with van der Waals surface area (Å²) in [6.07, 6.45) is -8.81. The molecule has 0 atom stereocenters. The molecule has 1 spiro atoms. The standard InChI is InChI=1S/C16H21N3S2.2C2HF3O2/c1-13-17-14(9-21-13)7-18-5-4-16(10-18)11-19(12-16)8-15-3-2-6-20-15;2*3-2(4,5)1(6)7/h2-3,6,9H,4-5,7-8,10-12H2,1H3;2*(H,6,7). The van der Waals surface area contributed by atoms with Crippen molar-refractivity contribution < 1.29 is 46.1 Å². The lowest BCUT2D eigenvalue weighted by molar-refractivity contribution is -0.193. The molecule has 4 heterocycles. The highest BCUT2D eigenvalue weighted by Crippen LogP contribution is 2.40. The number of hydrogen-bond acceptors (Lipinski definition) is 7. The van der Waals surface area contributed by atoms with Crippen molar-refractivity contribution in [3.8, 4) is 0 Å². The Balaban J connectivity index is 0.000000257. The van der Waals surface area contributed by atoms with Crippen molar-refractivity contribution in [3.05, 3.63) is 38.5 Å². The quantitative estimate of drug-likeness (QED) is 0.545. The molecule has 0 aromatic carbocycles. The average Bonchev–Trinajstić information content (AvgIpc) is 3.44. The van der Waals surface area contributed by atoms with Gasteiger partial charge in [0.1, 0.15) is 0 Å². The van der Waals surface area contributed by atoms with E-state index < -0.39 is 24.3 Å². The molecule has 2 aromatic heterocycles. The van der Waals surface area contributed by atoms with E-state index in [9.17, 15) is 26.3 Å². The summed E-state index contributed by atoms with van der Waals surface area (Å²) in [6, 6.07) is 4.41. The summed E-state index contributed by atoms with van der Waals surface area (Å²) >= 11 is 3.64. The zero-order valence-electron chi connectivity index (χ0n) is 18.4. The maximum atomic E-state index is 10.6. The summed E-state index contributed by atoms with van der Waals surface area (Å²) in [5.74, 6) is -5.51. The number of carbonyl (C=O) groups is 2. The molecule has 2 aliphatic heterocycles. The zero-order chi connectivity index (χ0) is 26.4. The van der Waals surface area contributed by atoms with Crippen LogP contribution in [0.15, 0.2) is 22.9 Å². The average molecular weight is 548 g/mol. The fraction of sp³-hybridized carbons (Fsp3) is 0.550. The van der Waals surface area contributed by atoms with Gasteiger partial charge in [-0.05, 0) is 31.3 Å². The summed E-state index contributed by atoms with van der Waals surface area (Å²) in [5, 5.41) is 19.8. The van der Waals surface area contributed by atoms with Crippen molar-refractivity contribution in [1.29, 1.82) is 0 Å². The summed E-state index contributed by atoms with van der Waals surface area (Å²) < 4.78 is 63.5. The molecule has 2 N–H and O–H groups in total. The number of likely N-dealkylation sites (tertiary alicyclic amines) is 2. The number of alkyl halides is 6. The Morgan fingerprint density at radius 1 is 1.00 bits per heavy atom. The van der Waals surface area contributed by atoms with E-state index in [2.05, 4.69) is 44.6 Å². The van der Waals surface area contributed by atoms with Gasteiger partial charge < -0.3 is 10.2 Å². The Kier molecular flexibility index (Phi) is 9.67. The van der Waals surface area contributed by atoms with Crippen LogP contribution in [-0.4, -0.2) is 75.5 Å². The molecule has 2 aromatic rings. The minimum atomic E-state index is -5.08. The van der Waals surface area contributed by atoms with Gasteiger partial charge in [-0.1, -0.05) is 6.07 Å². The Bertz CT molecular complexity index is 948. The first-order chi connectivity index (χ1) is 16.1.